The number of rotatable bonds is 3. The van der Waals surface area contributed by atoms with Gasteiger partial charge in [0.15, 0.2) is 0 Å². The van der Waals surface area contributed by atoms with Gasteiger partial charge in [0.05, 0.1) is 11.4 Å². The highest BCUT2D eigenvalue weighted by molar-refractivity contribution is 5.90. The van der Waals surface area contributed by atoms with Crippen LogP contribution in [-0.2, 0) is 11.3 Å². The van der Waals surface area contributed by atoms with Gasteiger partial charge in [0.2, 0.25) is 5.91 Å². The fourth-order valence-electron chi connectivity index (χ4n) is 2.06. The molecule has 2 rings (SSSR count). The molecule has 23 heavy (non-hydrogen) atoms. The van der Waals surface area contributed by atoms with Gasteiger partial charge in [-0.2, -0.15) is 10.4 Å². The zero-order chi connectivity index (χ0) is 17.1. The van der Waals surface area contributed by atoms with Gasteiger partial charge in [0, 0.05) is 0 Å². The summed E-state index contributed by atoms with van der Waals surface area (Å²) in [5.41, 5.74) is 1.03. The van der Waals surface area contributed by atoms with Crippen LogP contribution in [0.4, 0.5) is 10.1 Å². The van der Waals surface area contributed by atoms with E-state index >= 15 is 0 Å². The van der Waals surface area contributed by atoms with Crippen LogP contribution in [0.15, 0.2) is 23.0 Å². The molecule has 0 atom stereocenters. The molecule has 0 saturated heterocycles. The number of benzene rings is 1. The maximum Gasteiger partial charge on any atom is 0.285 e. The van der Waals surface area contributed by atoms with Gasteiger partial charge in [-0.15, -0.1) is 0 Å². The third kappa shape index (κ3) is 3.43. The van der Waals surface area contributed by atoms with Gasteiger partial charge < -0.3 is 5.32 Å². The zero-order valence-electron chi connectivity index (χ0n) is 13.0. The molecular weight excluding hydrogens is 299 g/mol. The third-order valence-corrected chi connectivity index (χ3v) is 3.44. The number of anilines is 1. The molecule has 1 aromatic carbocycles. The Kier molecular flexibility index (Phi) is 4.55. The lowest BCUT2D eigenvalue weighted by Gasteiger charge is -2.10. The second kappa shape index (κ2) is 6.40. The molecule has 0 bridgehead atoms. The molecule has 0 aliphatic rings. The summed E-state index contributed by atoms with van der Waals surface area (Å²) in [5, 5.41) is 15.4. The van der Waals surface area contributed by atoms with Crippen molar-refractivity contribution < 1.29 is 9.18 Å². The Bertz CT molecular complexity index is 881. The van der Waals surface area contributed by atoms with E-state index in [-0.39, 0.29) is 11.3 Å². The first kappa shape index (κ1) is 16.4. The molecule has 7 heteroatoms. The number of aromatic nitrogens is 2. The Hall–Kier alpha value is -3.01. The van der Waals surface area contributed by atoms with Crippen molar-refractivity contribution in [2.45, 2.75) is 27.3 Å². The third-order valence-electron chi connectivity index (χ3n) is 3.44. The van der Waals surface area contributed by atoms with Crippen LogP contribution in [0.2, 0.25) is 0 Å². The van der Waals surface area contributed by atoms with Gasteiger partial charge in [0.25, 0.3) is 5.56 Å². The van der Waals surface area contributed by atoms with E-state index in [4.69, 9.17) is 5.26 Å². The molecule has 1 N–H and O–H groups in total. The molecule has 6 nitrogen and oxygen atoms in total. The molecule has 0 aliphatic heterocycles. The van der Waals surface area contributed by atoms with Crippen molar-refractivity contribution in [3.63, 3.8) is 0 Å². The number of carbonyl (C=O) groups excluding carboxylic acids is 1. The highest BCUT2D eigenvalue weighted by atomic mass is 19.1. The molecule has 0 saturated carbocycles. The van der Waals surface area contributed by atoms with Crippen LogP contribution in [0.1, 0.15) is 22.4 Å². The summed E-state index contributed by atoms with van der Waals surface area (Å²) in [6.45, 7) is 4.59. The minimum Gasteiger partial charge on any atom is -0.322 e. The number of carbonyl (C=O) groups is 1. The van der Waals surface area contributed by atoms with E-state index in [1.54, 1.807) is 26.8 Å². The second-order valence-electron chi connectivity index (χ2n) is 5.19. The van der Waals surface area contributed by atoms with E-state index in [1.165, 1.54) is 12.1 Å². The molecule has 0 aliphatic carbocycles. The van der Waals surface area contributed by atoms with Crippen molar-refractivity contribution in [2.75, 3.05) is 5.32 Å². The minimum absolute atomic E-state index is 0.0259. The molecule has 2 aromatic rings. The second-order valence-corrected chi connectivity index (χ2v) is 5.19. The summed E-state index contributed by atoms with van der Waals surface area (Å²) < 4.78 is 14.6. The monoisotopic (exact) mass is 314 g/mol. The molecule has 0 radical (unpaired) electrons. The number of amides is 1. The predicted octanol–water partition coefficient (Wildman–Crippen LogP) is 1.82. The number of hydrogen-bond acceptors (Lipinski definition) is 4. The molecular formula is C16H15FN4O2. The number of nitrogens with one attached hydrogen (secondary N) is 1. The summed E-state index contributed by atoms with van der Waals surface area (Å²) in [6, 6.07) is 6.22. The van der Waals surface area contributed by atoms with E-state index in [2.05, 4.69) is 10.4 Å². The largest absolute Gasteiger partial charge is 0.322 e. The van der Waals surface area contributed by atoms with Gasteiger partial charge >= 0.3 is 0 Å². The first-order valence-corrected chi connectivity index (χ1v) is 6.88. The Balaban J connectivity index is 2.26. The number of halogens is 1. The highest BCUT2D eigenvalue weighted by Gasteiger charge is 2.14. The van der Waals surface area contributed by atoms with E-state index < -0.39 is 23.8 Å². The minimum atomic E-state index is -0.643. The number of hydrogen-bond donors (Lipinski definition) is 1. The summed E-state index contributed by atoms with van der Waals surface area (Å²) in [5.74, 6) is -1.16. The lowest BCUT2D eigenvalue weighted by molar-refractivity contribution is -0.117. The predicted molar refractivity (Wildman–Crippen MR) is 82.5 cm³/mol. The first-order valence-electron chi connectivity index (χ1n) is 6.88. The molecule has 0 fully saturated rings. The lowest BCUT2D eigenvalue weighted by Crippen LogP contribution is -2.32. The average Bonchev–Trinajstić information content (AvgIpc) is 2.48. The van der Waals surface area contributed by atoms with Gasteiger partial charge in [-0.1, -0.05) is 6.07 Å². The van der Waals surface area contributed by atoms with Crippen molar-refractivity contribution in [1.82, 2.24) is 9.78 Å². The van der Waals surface area contributed by atoms with Crippen molar-refractivity contribution in [3.8, 4) is 6.07 Å². The summed E-state index contributed by atoms with van der Waals surface area (Å²) in [7, 11) is 0. The summed E-state index contributed by atoms with van der Waals surface area (Å²) in [6.07, 6.45) is 0. The average molecular weight is 314 g/mol. The zero-order valence-corrected chi connectivity index (χ0v) is 13.0. The standard InChI is InChI=1S/C16H15FN4O2/c1-9-4-5-14(13(17)6-9)19-15(22)8-21-16(23)12(7-18)10(2)11(3)20-21/h4-6H,8H2,1-3H3,(H,19,22). The molecule has 118 valence electrons. The van der Waals surface area contributed by atoms with E-state index in [0.29, 0.717) is 11.3 Å². The fourth-order valence-corrected chi connectivity index (χ4v) is 2.06. The van der Waals surface area contributed by atoms with Gasteiger partial charge in [-0.05, 0) is 44.0 Å². The van der Waals surface area contributed by atoms with Crippen molar-refractivity contribution >= 4 is 11.6 Å². The van der Waals surface area contributed by atoms with E-state index in [0.717, 1.165) is 10.2 Å². The molecule has 1 aromatic heterocycles. The highest BCUT2D eigenvalue weighted by Crippen LogP contribution is 2.15. The lowest BCUT2D eigenvalue weighted by atomic mass is 10.1. The fraction of sp³-hybridized carbons (Fsp3) is 0.250. The van der Waals surface area contributed by atoms with Gasteiger partial charge in [-0.3, -0.25) is 9.59 Å². The molecule has 0 unspecified atom stereocenters. The van der Waals surface area contributed by atoms with Crippen LogP contribution in [0, 0.1) is 37.9 Å². The Morgan fingerprint density at radius 3 is 2.70 bits per heavy atom. The van der Waals surface area contributed by atoms with Crippen molar-refractivity contribution in [2.24, 2.45) is 0 Å². The Morgan fingerprint density at radius 1 is 1.39 bits per heavy atom. The number of nitrogens with zero attached hydrogens (tertiary/aromatic N) is 3. The topological polar surface area (TPSA) is 87.8 Å². The van der Waals surface area contributed by atoms with Gasteiger partial charge in [0.1, 0.15) is 24.0 Å². The van der Waals surface area contributed by atoms with Crippen molar-refractivity contribution in [1.29, 1.82) is 5.26 Å². The SMILES string of the molecule is Cc1ccc(NC(=O)Cn2nc(C)c(C)c(C#N)c2=O)c(F)c1. The molecule has 1 amide bonds. The quantitative estimate of drug-likeness (QED) is 0.936. The van der Waals surface area contributed by atoms with E-state index in [1.807, 2.05) is 6.07 Å². The summed E-state index contributed by atoms with van der Waals surface area (Å²) in [4.78, 5) is 24.1. The number of nitriles is 1. The van der Waals surface area contributed by atoms with Crippen LogP contribution in [0.3, 0.4) is 0 Å². The van der Waals surface area contributed by atoms with Crippen molar-refractivity contribution in [3.05, 3.63) is 56.8 Å². The first-order chi connectivity index (χ1) is 10.8. The van der Waals surface area contributed by atoms with Crippen LogP contribution >= 0.6 is 0 Å². The van der Waals surface area contributed by atoms with Gasteiger partial charge in [-0.25, -0.2) is 9.07 Å². The van der Waals surface area contributed by atoms with Crippen LogP contribution in [-0.4, -0.2) is 15.7 Å². The molecule has 1 heterocycles. The maximum absolute atomic E-state index is 13.7. The van der Waals surface area contributed by atoms with Crippen LogP contribution < -0.4 is 10.9 Å². The van der Waals surface area contributed by atoms with Crippen LogP contribution in [0.5, 0.6) is 0 Å². The van der Waals surface area contributed by atoms with Crippen LogP contribution in [0.25, 0.3) is 0 Å². The smallest absolute Gasteiger partial charge is 0.285 e. The maximum atomic E-state index is 13.7. The molecule has 0 spiro atoms. The normalized spacial score (nSPS) is 10.2. The Labute approximate surface area is 132 Å². The Morgan fingerprint density at radius 2 is 2.09 bits per heavy atom. The summed E-state index contributed by atoms with van der Waals surface area (Å²) >= 11 is 0. The number of aryl methyl sites for hydroxylation is 2. The van der Waals surface area contributed by atoms with E-state index in [9.17, 15) is 14.0 Å².